The van der Waals surface area contributed by atoms with Gasteiger partial charge in [0.15, 0.2) is 0 Å². The van der Waals surface area contributed by atoms with E-state index in [9.17, 15) is 4.79 Å². The largest absolute Gasteiger partial charge is 0.349 e. The molecule has 1 unspecified atom stereocenters. The summed E-state index contributed by atoms with van der Waals surface area (Å²) in [5.74, 6) is 2.74. The first-order valence-electron chi connectivity index (χ1n) is 11.6. The molecule has 4 heteroatoms. The van der Waals surface area contributed by atoms with Crippen LogP contribution in [0.15, 0.2) is 18.2 Å². The van der Waals surface area contributed by atoms with Crippen LogP contribution in [0.5, 0.6) is 0 Å². The highest BCUT2D eigenvalue weighted by Crippen LogP contribution is 2.61. The van der Waals surface area contributed by atoms with Crippen molar-refractivity contribution in [2.45, 2.75) is 78.2 Å². The van der Waals surface area contributed by atoms with E-state index in [0.717, 1.165) is 53.0 Å². The third-order valence-electron chi connectivity index (χ3n) is 8.10. The van der Waals surface area contributed by atoms with E-state index in [1.54, 1.807) is 0 Å². The third kappa shape index (κ3) is 3.25. The van der Waals surface area contributed by atoms with Gasteiger partial charge in [0.05, 0.1) is 22.4 Å². The lowest BCUT2D eigenvalue weighted by atomic mass is 9.48. The normalized spacial score (nSPS) is 31.2. The monoisotopic (exact) mass is 391 g/mol. The molecule has 4 saturated carbocycles. The molecule has 4 bridgehead atoms. The second kappa shape index (κ2) is 7.07. The summed E-state index contributed by atoms with van der Waals surface area (Å²) in [7, 11) is 0. The molecule has 1 atom stereocenters. The lowest BCUT2D eigenvalue weighted by Crippen LogP contribution is -2.55. The van der Waals surface area contributed by atoms with Gasteiger partial charge in [0.2, 0.25) is 0 Å². The SMILES string of the molecule is CCc1nc2ccc(C(=O)NC(C)C34CC5CC(CC(C5)C3)C4)cc2nc1CC. The number of carbonyl (C=O) groups excluding carboxylic acids is 1. The highest BCUT2D eigenvalue weighted by atomic mass is 16.1. The summed E-state index contributed by atoms with van der Waals surface area (Å²) in [6.45, 7) is 6.47. The van der Waals surface area contributed by atoms with Crippen molar-refractivity contribution in [1.29, 1.82) is 0 Å². The van der Waals surface area contributed by atoms with Crippen LogP contribution in [-0.4, -0.2) is 21.9 Å². The Labute approximate surface area is 173 Å². The van der Waals surface area contributed by atoms with E-state index in [4.69, 9.17) is 9.97 Å². The average molecular weight is 392 g/mol. The van der Waals surface area contributed by atoms with Crippen molar-refractivity contribution in [3.05, 3.63) is 35.2 Å². The zero-order valence-electron chi connectivity index (χ0n) is 18.0. The molecule has 0 aliphatic heterocycles. The summed E-state index contributed by atoms with van der Waals surface area (Å²) in [4.78, 5) is 22.7. The molecule has 154 valence electrons. The number of benzene rings is 1. The zero-order valence-corrected chi connectivity index (χ0v) is 18.0. The van der Waals surface area contributed by atoms with Crippen LogP contribution in [0, 0.1) is 23.2 Å². The van der Waals surface area contributed by atoms with Gasteiger partial charge in [-0.1, -0.05) is 13.8 Å². The van der Waals surface area contributed by atoms with Crippen LogP contribution in [0.1, 0.15) is 81.0 Å². The quantitative estimate of drug-likeness (QED) is 0.772. The Morgan fingerprint density at radius 2 is 1.55 bits per heavy atom. The summed E-state index contributed by atoms with van der Waals surface area (Å²) in [6, 6.07) is 6.01. The van der Waals surface area contributed by atoms with Crippen LogP contribution in [0.3, 0.4) is 0 Å². The zero-order chi connectivity index (χ0) is 20.2. The summed E-state index contributed by atoms with van der Waals surface area (Å²) in [5, 5.41) is 3.38. The molecule has 29 heavy (non-hydrogen) atoms. The Hall–Kier alpha value is -1.97. The minimum atomic E-state index is 0.0366. The molecule has 0 spiro atoms. The molecular formula is C25H33N3O. The number of hydrogen-bond acceptors (Lipinski definition) is 3. The fraction of sp³-hybridized carbons (Fsp3) is 0.640. The summed E-state index contributed by atoms with van der Waals surface area (Å²) in [5.41, 5.74) is 4.84. The highest BCUT2D eigenvalue weighted by Gasteiger charge is 2.53. The Balaban J connectivity index is 1.37. The van der Waals surface area contributed by atoms with Gasteiger partial charge in [-0.3, -0.25) is 4.79 Å². The van der Waals surface area contributed by atoms with E-state index in [2.05, 4.69) is 26.1 Å². The predicted octanol–water partition coefficient (Wildman–Crippen LogP) is 5.09. The molecule has 1 amide bonds. The second-order valence-electron chi connectivity index (χ2n) is 10.0. The fourth-order valence-corrected chi connectivity index (χ4v) is 6.98. The predicted molar refractivity (Wildman–Crippen MR) is 116 cm³/mol. The van der Waals surface area contributed by atoms with Crippen LogP contribution < -0.4 is 5.32 Å². The lowest BCUT2D eigenvalue weighted by molar-refractivity contribution is -0.0688. The van der Waals surface area contributed by atoms with E-state index in [-0.39, 0.29) is 11.9 Å². The number of nitrogens with zero attached hydrogens (tertiary/aromatic N) is 2. The molecule has 1 aromatic heterocycles. The number of amides is 1. The summed E-state index contributed by atoms with van der Waals surface area (Å²) >= 11 is 0. The smallest absolute Gasteiger partial charge is 0.251 e. The van der Waals surface area contributed by atoms with Crippen molar-refractivity contribution < 1.29 is 4.79 Å². The maximum absolute atomic E-state index is 13.1. The van der Waals surface area contributed by atoms with Gasteiger partial charge in [-0.15, -0.1) is 0 Å². The van der Waals surface area contributed by atoms with Crippen molar-refractivity contribution in [2.24, 2.45) is 23.2 Å². The second-order valence-corrected chi connectivity index (χ2v) is 10.0. The number of carbonyl (C=O) groups is 1. The number of fused-ring (bicyclic) bond motifs is 1. The van der Waals surface area contributed by atoms with Gasteiger partial charge in [-0.25, -0.2) is 9.97 Å². The maximum atomic E-state index is 13.1. The van der Waals surface area contributed by atoms with E-state index in [0.29, 0.717) is 11.0 Å². The van der Waals surface area contributed by atoms with Crippen molar-refractivity contribution in [2.75, 3.05) is 0 Å². The van der Waals surface area contributed by atoms with Gasteiger partial charge in [0.1, 0.15) is 0 Å². The lowest BCUT2D eigenvalue weighted by Gasteiger charge is -2.59. The number of aryl methyl sites for hydroxylation is 2. The average Bonchev–Trinajstić information content (AvgIpc) is 2.71. The Morgan fingerprint density at radius 3 is 2.10 bits per heavy atom. The molecule has 0 radical (unpaired) electrons. The van der Waals surface area contributed by atoms with E-state index >= 15 is 0 Å². The van der Waals surface area contributed by atoms with Crippen LogP contribution in [0.25, 0.3) is 11.0 Å². The molecule has 2 aromatic rings. The molecule has 1 heterocycles. The van der Waals surface area contributed by atoms with Crippen LogP contribution in [0.4, 0.5) is 0 Å². The van der Waals surface area contributed by atoms with Gasteiger partial charge in [0.25, 0.3) is 5.91 Å². The van der Waals surface area contributed by atoms with E-state index < -0.39 is 0 Å². The molecular weight excluding hydrogens is 358 g/mol. The molecule has 4 aliphatic carbocycles. The topological polar surface area (TPSA) is 54.9 Å². The van der Waals surface area contributed by atoms with Gasteiger partial charge < -0.3 is 5.32 Å². The molecule has 4 fully saturated rings. The summed E-state index contributed by atoms with van der Waals surface area (Å²) in [6.07, 6.45) is 9.98. The minimum absolute atomic E-state index is 0.0366. The van der Waals surface area contributed by atoms with Gasteiger partial charge in [-0.05, 0) is 99.7 Å². The summed E-state index contributed by atoms with van der Waals surface area (Å²) < 4.78 is 0. The van der Waals surface area contributed by atoms with E-state index in [1.165, 1.54) is 38.5 Å². The first-order valence-corrected chi connectivity index (χ1v) is 11.6. The van der Waals surface area contributed by atoms with Crippen molar-refractivity contribution in [3.8, 4) is 0 Å². The Morgan fingerprint density at radius 1 is 1.00 bits per heavy atom. The van der Waals surface area contributed by atoms with Gasteiger partial charge >= 0.3 is 0 Å². The van der Waals surface area contributed by atoms with Crippen LogP contribution >= 0.6 is 0 Å². The minimum Gasteiger partial charge on any atom is -0.349 e. The van der Waals surface area contributed by atoms with Crippen molar-refractivity contribution in [1.82, 2.24) is 15.3 Å². The van der Waals surface area contributed by atoms with Crippen LogP contribution in [0.2, 0.25) is 0 Å². The standard InChI is InChI=1S/C25H33N3O/c1-4-20-21(5-2)28-23-11-19(6-7-22(23)27-20)24(29)26-15(3)25-12-16-8-17(13-25)10-18(9-16)14-25/h6-7,11,15-18H,4-5,8-10,12-14H2,1-3H3,(H,26,29). The molecule has 4 aliphatic rings. The molecule has 4 nitrogen and oxygen atoms in total. The van der Waals surface area contributed by atoms with Crippen molar-refractivity contribution in [3.63, 3.8) is 0 Å². The first kappa shape index (κ1) is 19.0. The molecule has 0 saturated heterocycles. The number of hydrogen-bond donors (Lipinski definition) is 1. The number of aromatic nitrogens is 2. The number of nitrogens with one attached hydrogen (secondary N) is 1. The third-order valence-corrected chi connectivity index (χ3v) is 8.10. The van der Waals surface area contributed by atoms with Gasteiger partial charge in [-0.2, -0.15) is 0 Å². The van der Waals surface area contributed by atoms with Gasteiger partial charge in [0, 0.05) is 11.6 Å². The van der Waals surface area contributed by atoms with Crippen LogP contribution in [-0.2, 0) is 12.8 Å². The molecule has 1 aromatic carbocycles. The number of rotatable bonds is 5. The fourth-order valence-electron chi connectivity index (χ4n) is 6.98. The van der Waals surface area contributed by atoms with E-state index in [1.807, 2.05) is 18.2 Å². The maximum Gasteiger partial charge on any atom is 0.251 e. The Bertz CT molecular complexity index is 915. The Kier molecular flexibility index (Phi) is 4.64. The highest BCUT2D eigenvalue weighted by molar-refractivity contribution is 5.97. The van der Waals surface area contributed by atoms with Crippen molar-refractivity contribution >= 4 is 16.9 Å². The molecule has 1 N–H and O–H groups in total. The molecule has 6 rings (SSSR count). The first-order chi connectivity index (χ1) is 14.0.